The van der Waals surface area contributed by atoms with Crippen LogP contribution in [0.15, 0.2) is 0 Å². The molecule has 0 aromatic heterocycles. The molecular formula is C17H30N2O6. The van der Waals surface area contributed by atoms with Crippen LogP contribution in [0.25, 0.3) is 0 Å². The maximum absolute atomic E-state index is 11.8. The molecule has 0 aromatic carbocycles. The normalized spacial score (nSPS) is 20.8. The van der Waals surface area contributed by atoms with E-state index in [0.717, 1.165) is 0 Å². The van der Waals surface area contributed by atoms with Crippen LogP contribution in [0.3, 0.4) is 0 Å². The Morgan fingerprint density at radius 2 is 1.84 bits per heavy atom. The van der Waals surface area contributed by atoms with Gasteiger partial charge in [-0.05, 0) is 52.9 Å². The molecule has 8 heteroatoms. The summed E-state index contributed by atoms with van der Waals surface area (Å²) in [4.78, 5) is 35.3. The number of unbranched alkanes of at least 4 members (excludes halogenated alkanes) is 1. The molecule has 1 saturated carbocycles. The fourth-order valence-electron chi connectivity index (χ4n) is 2.47. The van der Waals surface area contributed by atoms with Gasteiger partial charge in [-0.1, -0.05) is 0 Å². The predicted octanol–water partition coefficient (Wildman–Crippen LogP) is 1.11. The summed E-state index contributed by atoms with van der Waals surface area (Å²) in [6.45, 7) is 5.71. The van der Waals surface area contributed by atoms with Gasteiger partial charge in [0.1, 0.15) is 11.6 Å². The van der Waals surface area contributed by atoms with Crippen molar-refractivity contribution in [1.82, 2.24) is 10.6 Å². The Morgan fingerprint density at radius 1 is 1.20 bits per heavy atom. The zero-order valence-electron chi connectivity index (χ0n) is 15.5. The van der Waals surface area contributed by atoms with Gasteiger partial charge in [-0.15, -0.1) is 0 Å². The lowest BCUT2D eigenvalue weighted by atomic mass is 9.82. The van der Waals surface area contributed by atoms with Gasteiger partial charge in [0.2, 0.25) is 5.91 Å². The fraction of sp³-hybridized carbons (Fsp3) is 0.824. The number of hydrogen-bond donors (Lipinski definition) is 3. The van der Waals surface area contributed by atoms with Gasteiger partial charge in [0.25, 0.3) is 0 Å². The largest absolute Gasteiger partial charge is 0.467 e. The monoisotopic (exact) mass is 358 g/mol. The lowest BCUT2D eigenvalue weighted by molar-refractivity contribution is -0.143. The van der Waals surface area contributed by atoms with Crippen LogP contribution in [0, 0.1) is 5.92 Å². The average Bonchev–Trinajstić information content (AvgIpc) is 2.47. The molecule has 1 aliphatic carbocycles. The Labute approximate surface area is 148 Å². The summed E-state index contributed by atoms with van der Waals surface area (Å²) >= 11 is 0. The molecule has 25 heavy (non-hydrogen) atoms. The molecular weight excluding hydrogens is 328 g/mol. The highest BCUT2D eigenvalue weighted by molar-refractivity contribution is 5.81. The van der Waals surface area contributed by atoms with Crippen LogP contribution in [0.1, 0.15) is 52.9 Å². The molecule has 0 aromatic rings. The summed E-state index contributed by atoms with van der Waals surface area (Å²) in [6.07, 6.45) is 1.72. The van der Waals surface area contributed by atoms with Gasteiger partial charge in [-0.25, -0.2) is 9.59 Å². The molecule has 1 aliphatic rings. The first-order valence-corrected chi connectivity index (χ1v) is 8.65. The van der Waals surface area contributed by atoms with Crippen LogP contribution in [-0.4, -0.2) is 54.5 Å². The first-order valence-electron chi connectivity index (χ1n) is 8.65. The van der Waals surface area contributed by atoms with Crippen molar-refractivity contribution in [1.29, 1.82) is 0 Å². The van der Waals surface area contributed by atoms with Gasteiger partial charge in [-0.3, -0.25) is 4.79 Å². The number of methoxy groups -OCH3 is 1. The number of carbonyl (C=O) groups is 3. The molecule has 0 saturated heterocycles. The van der Waals surface area contributed by atoms with Crippen LogP contribution in [-0.2, 0) is 19.1 Å². The third-order valence-electron chi connectivity index (χ3n) is 3.88. The molecule has 0 bridgehead atoms. The van der Waals surface area contributed by atoms with Gasteiger partial charge in [0.15, 0.2) is 0 Å². The molecule has 2 amide bonds. The van der Waals surface area contributed by atoms with Crippen LogP contribution >= 0.6 is 0 Å². The van der Waals surface area contributed by atoms with Crippen molar-refractivity contribution < 1.29 is 29.0 Å². The molecule has 0 heterocycles. The van der Waals surface area contributed by atoms with E-state index in [4.69, 9.17) is 9.47 Å². The van der Waals surface area contributed by atoms with E-state index in [1.807, 2.05) is 0 Å². The van der Waals surface area contributed by atoms with Crippen LogP contribution < -0.4 is 10.6 Å². The smallest absolute Gasteiger partial charge is 0.408 e. The second kappa shape index (κ2) is 9.60. The standard InChI is InChI=1S/C17H30N2O6/c1-17(2,3)25-16(23)19-13(15(22)24-4)7-5-6-8-18-14(21)11-9-12(20)10-11/h11-13,20H,5-10H2,1-4H3,(H,18,21)(H,19,23). The minimum atomic E-state index is -0.780. The van der Waals surface area contributed by atoms with Crippen molar-refractivity contribution >= 4 is 18.0 Å². The minimum Gasteiger partial charge on any atom is -0.467 e. The number of amides is 2. The second-order valence-corrected chi connectivity index (χ2v) is 7.33. The average molecular weight is 358 g/mol. The van der Waals surface area contributed by atoms with Crippen molar-refractivity contribution in [3.63, 3.8) is 0 Å². The van der Waals surface area contributed by atoms with Crippen molar-refractivity contribution in [3.05, 3.63) is 0 Å². The van der Waals surface area contributed by atoms with Crippen molar-refractivity contribution in [2.24, 2.45) is 5.92 Å². The lowest BCUT2D eigenvalue weighted by Crippen LogP contribution is -2.44. The van der Waals surface area contributed by atoms with E-state index in [1.165, 1.54) is 7.11 Å². The number of nitrogens with one attached hydrogen (secondary N) is 2. The highest BCUT2D eigenvalue weighted by Crippen LogP contribution is 2.26. The van der Waals surface area contributed by atoms with Crippen molar-refractivity contribution in [2.75, 3.05) is 13.7 Å². The number of alkyl carbamates (subject to hydrolysis) is 1. The van der Waals surface area contributed by atoms with Crippen LogP contribution in [0.5, 0.6) is 0 Å². The van der Waals surface area contributed by atoms with Gasteiger partial charge in [-0.2, -0.15) is 0 Å². The fourth-order valence-corrected chi connectivity index (χ4v) is 2.47. The third-order valence-corrected chi connectivity index (χ3v) is 3.88. The first kappa shape index (κ1) is 21.2. The molecule has 8 nitrogen and oxygen atoms in total. The summed E-state index contributed by atoms with van der Waals surface area (Å²) in [6, 6.07) is -0.780. The van der Waals surface area contributed by atoms with E-state index >= 15 is 0 Å². The number of aliphatic hydroxyl groups is 1. The van der Waals surface area contributed by atoms with E-state index in [9.17, 15) is 19.5 Å². The Kier molecular flexibility index (Phi) is 8.15. The summed E-state index contributed by atoms with van der Waals surface area (Å²) in [5.74, 6) is -0.660. The number of rotatable bonds is 8. The van der Waals surface area contributed by atoms with Gasteiger partial charge in [0, 0.05) is 12.5 Å². The number of ether oxygens (including phenoxy) is 2. The summed E-state index contributed by atoms with van der Waals surface area (Å²) in [5, 5.41) is 14.5. The Morgan fingerprint density at radius 3 is 2.36 bits per heavy atom. The molecule has 1 fully saturated rings. The molecule has 1 rings (SSSR count). The Bertz CT molecular complexity index is 468. The van der Waals surface area contributed by atoms with Gasteiger partial charge >= 0.3 is 12.1 Å². The van der Waals surface area contributed by atoms with Gasteiger partial charge < -0.3 is 25.2 Å². The maximum atomic E-state index is 11.8. The van der Waals surface area contributed by atoms with Crippen molar-refractivity contribution in [2.45, 2.75) is 70.6 Å². The van der Waals surface area contributed by atoms with Gasteiger partial charge in [0.05, 0.1) is 13.2 Å². The number of hydrogen-bond acceptors (Lipinski definition) is 6. The van der Waals surface area contributed by atoms with Crippen LogP contribution in [0.4, 0.5) is 4.79 Å². The zero-order valence-corrected chi connectivity index (χ0v) is 15.5. The van der Waals surface area contributed by atoms with Crippen LogP contribution in [0.2, 0.25) is 0 Å². The third kappa shape index (κ3) is 8.20. The molecule has 0 aliphatic heterocycles. The van der Waals surface area contributed by atoms with E-state index in [1.54, 1.807) is 20.8 Å². The Hall–Kier alpha value is -1.83. The Balaban J connectivity index is 2.27. The lowest BCUT2D eigenvalue weighted by Gasteiger charge is -2.30. The van der Waals surface area contributed by atoms with Crippen molar-refractivity contribution in [3.8, 4) is 0 Å². The second-order valence-electron chi connectivity index (χ2n) is 7.33. The zero-order chi connectivity index (χ0) is 19.0. The number of aliphatic hydroxyl groups excluding tert-OH is 1. The SMILES string of the molecule is COC(=O)C(CCCCNC(=O)C1CC(O)C1)NC(=O)OC(C)(C)C. The van der Waals surface area contributed by atoms with E-state index in [-0.39, 0.29) is 17.9 Å². The molecule has 1 unspecified atom stereocenters. The highest BCUT2D eigenvalue weighted by atomic mass is 16.6. The molecule has 3 N–H and O–H groups in total. The quantitative estimate of drug-likeness (QED) is 0.442. The predicted molar refractivity (Wildman–Crippen MR) is 90.8 cm³/mol. The number of esters is 1. The first-order chi connectivity index (χ1) is 11.6. The minimum absolute atomic E-state index is 0.0401. The summed E-state index contributed by atoms with van der Waals surface area (Å²) in [7, 11) is 1.26. The topological polar surface area (TPSA) is 114 Å². The van der Waals surface area contributed by atoms with E-state index in [0.29, 0.717) is 38.6 Å². The van der Waals surface area contributed by atoms with E-state index < -0.39 is 23.7 Å². The summed E-state index contributed by atoms with van der Waals surface area (Å²) < 4.78 is 9.84. The summed E-state index contributed by atoms with van der Waals surface area (Å²) in [5.41, 5.74) is -0.649. The maximum Gasteiger partial charge on any atom is 0.408 e. The molecule has 0 radical (unpaired) electrons. The molecule has 0 spiro atoms. The molecule has 144 valence electrons. The van der Waals surface area contributed by atoms with E-state index in [2.05, 4.69) is 10.6 Å². The molecule has 1 atom stereocenters. The highest BCUT2D eigenvalue weighted by Gasteiger charge is 2.32. The number of carbonyl (C=O) groups excluding carboxylic acids is 3.